The van der Waals surface area contributed by atoms with Gasteiger partial charge in [0, 0.05) is 1.37 Å². The lowest BCUT2D eigenvalue weighted by Crippen LogP contribution is -1.85. The van der Waals surface area contributed by atoms with Crippen LogP contribution in [0.2, 0.25) is 0 Å². The average Bonchev–Trinajstić information content (AvgIpc) is 2.83. The molecule has 0 bridgehead atoms. The second-order valence-corrected chi connectivity index (χ2v) is 10.8. The number of rotatable bonds is 29. The fraction of sp³-hybridized carbons (Fsp3) is 1.00. The Bertz CT molecular complexity index is 284. The highest BCUT2D eigenvalue weighted by molar-refractivity contribution is 4.52. The second kappa shape index (κ2) is 31.0. The van der Waals surface area contributed by atoms with E-state index >= 15 is 0 Å². The topological polar surface area (TPSA) is 0 Å². The van der Waals surface area contributed by atoms with Crippen LogP contribution in [0.3, 0.4) is 0 Å². The van der Waals surface area contributed by atoms with Crippen LogP contribution < -0.4 is 0 Å². The van der Waals surface area contributed by atoms with Gasteiger partial charge in [-0.25, -0.2) is 0 Å². The molecule has 0 saturated carbocycles. The number of unbranched alkanes of at least 4 members (excludes halogenated alkanes) is 29. The third-order valence-electron chi connectivity index (χ3n) is 7.35. The maximum absolute atomic E-state index is 7.15. The first kappa shape index (κ1) is 30.0. The van der Waals surface area contributed by atoms with Crippen molar-refractivity contribution < 1.29 is 1.37 Å². The lowest BCUT2D eigenvalue weighted by atomic mass is 10.0. The quantitative estimate of drug-likeness (QED) is 0.0991. The van der Waals surface area contributed by atoms with Crippen molar-refractivity contribution in [2.24, 2.45) is 0 Å². The Morgan fingerprint density at radius 2 is 0.406 bits per heavy atom. The first-order valence-electron chi connectivity index (χ1n) is 16.4. The largest absolute Gasteiger partial charge is 0.0654 e. The second-order valence-electron chi connectivity index (χ2n) is 10.8. The van der Waals surface area contributed by atoms with Crippen molar-refractivity contribution in [2.75, 3.05) is 0 Å². The molecular weight excluding hydrogens is 384 g/mol. The molecule has 0 aliphatic heterocycles. The highest BCUT2D eigenvalue weighted by Gasteiger charge is 1.96. The molecule has 0 radical (unpaired) electrons. The molecule has 0 atom stereocenters. The predicted molar refractivity (Wildman–Crippen MR) is 150 cm³/mol. The highest BCUT2D eigenvalue weighted by Crippen LogP contribution is 2.16. The standard InChI is InChI=1S/C32H66/c1-3-5-7-9-11-13-15-17-19-21-23-25-27-29-31-32-30-28-26-24-22-20-18-16-14-12-10-8-6-4-2/h3-32H2,1-2H3/i1D. The van der Waals surface area contributed by atoms with Crippen LogP contribution in [0.25, 0.3) is 0 Å². The summed E-state index contributed by atoms with van der Waals surface area (Å²) in [4.78, 5) is 0. The lowest BCUT2D eigenvalue weighted by molar-refractivity contribution is 0.513. The van der Waals surface area contributed by atoms with Crippen molar-refractivity contribution in [1.29, 1.82) is 0 Å². The fourth-order valence-electron chi connectivity index (χ4n) is 5.02. The molecule has 0 rings (SSSR count). The van der Waals surface area contributed by atoms with Gasteiger partial charge in [-0.15, -0.1) is 0 Å². The predicted octanol–water partition coefficient (Wildman–Crippen LogP) is 12.7. The zero-order valence-corrected chi connectivity index (χ0v) is 22.9. The summed E-state index contributed by atoms with van der Waals surface area (Å²) in [7, 11) is 0. The van der Waals surface area contributed by atoms with E-state index in [1.807, 2.05) is 0 Å². The van der Waals surface area contributed by atoms with Crippen molar-refractivity contribution in [3.63, 3.8) is 0 Å². The Labute approximate surface area is 207 Å². The smallest absolute Gasteiger partial charge is 0.0230 e. The molecule has 0 amide bonds. The number of hydrogen-bond acceptors (Lipinski definition) is 0. The van der Waals surface area contributed by atoms with E-state index in [2.05, 4.69) is 6.92 Å². The normalized spacial score (nSPS) is 11.8. The van der Waals surface area contributed by atoms with E-state index in [1.54, 1.807) is 0 Å². The summed E-state index contributed by atoms with van der Waals surface area (Å²) in [5.41, 5.74) is 0. The van der Waals surface area contributed by atoms with Crippen LogP contribution in [-0.4, -0.2) is 0 Å². The van der Waals surface area contributed by atoms with E-state index in [0.29, 0.717) is 6.90 Å². The third-order valence-corrected chi connectivity index (χ3v) is 7.35. The lowest BCUT2D eigenvalue weighted by Gasteiger charge is -2.04. The van der Waals surface area contributed by atoms with E-state index in [-0.39, 0.29) is 0 Å². The van der Waals surface area contributed by atoms with Crippen LogP contribution in [0.15, 0.2) is 0 Å². The maximum atomic E-state index is 7.15. The molecule has 0 aliphatic carbocycles. The summed E-state index contributed by atoms with van der Waals surface area (Å²) >= 11 is 0. The van der Waals surface area contributed by atoms with Crippen molar-refractivity contribution >= 4 is 0 Å². The molecule has 0 saturated heterocycles. The van der Waals surface area contributed by atoms with Gasteiger partial charge in [-0.3, -0.25) is 0 Å². The Kier molecular flexibility index (Phi) is 29.1. The van der Waals surface area contributed by atoms with Crippen LogP contribution in [0, 0.1) is 0 Å². The number of hydrogen-bond donors (Lipinski definition) is 0. The van der Waals surface area contributed by atoms with Gasteiger partial charge in [0.1, 0.15) is 0 Å². The minimum atomic E-state index is 0.625. The van der Waals surface area contributed by atoms with Crippen molar-refractivity contribution in [2.45, 2.75) is 206 Å². The fourth-order valence-corrected chi connectivity index (χ4v) is 5.02. The van der Waals surface area contributed by atoms with Crippen LogP contribution >= 0.6 is 0 Å². The Hall–Kier alpha value is 0. The van der Waals surface area contributed by atoms with Gasteiger partial charge in [-0.2, -0.15) is 0 Å². The molecule has 0 fully saturated rings. The Morgan fingerprint density at radius 1 is 0.250 bits per heavy atom. The van der Waals surface area contributed by atoms with Crippen molar-refractivity contribution in [3.8, 4) is 0 Å². The van der Waals surface area contributed by atoms with Gasteiger partial charge in [-0.1, -0.05) is 206 Å². The van der Waals surface area contributed by atoms with Gasteiger partial charge >= 0.3 is 0 Å². The zero-order chi connectivity index (χ0) is 23.9. The van der Waals surface area contributed by atoms with Crippen molar-refractivity contribution in [3.05, 3.63) is 0 Å². The van der Waals surface area contributed by atoms with E-state index < -0.39 is 0 Å². The van der Waals surface area contributed by atoms with Crippen molar-refractivity contribution in [1.82, 2.24) is 0 Å². The summed E-state index contributed by atoms with van der Waals surface area (Å²) in [6, 6.07) is 0. The van der Waals surface area contributed by atoms with E-state index in [9.17, 15) is 0 Å². The first-order valence-corrected chi connectivity index (χ1v) is 15.7. The van der Waals surface area contributed by atoms with Gasteiger partial charge in [0.2, 0.25) is 0 Å². The van der Waals surface area contributed by atoms with Crippen LogP contribution in [-0.2, 0) is 0 Å². The molecular formula is C32H66. The molecule has 0 heteroatoms. The summed E-state index contributed by atoms with van der Waals surface area (Å²) < 4.78 is 7.15. The minimum absolute atomic E-state index is 0.625. The molecule has 0 spiro atoms. The minimum Gasteiger partial charge on any atom is -0.0654 e. The zero-order valence-electron chi connectivity index (χ0n) is 23.9. The molecule has 0 N–H and O–H groups in total. The van der Waals surface area contributed by atoms with E-state index in [0.717, 1.165) is 6.42 Å². The molecule has 0 aliphatic rings. The molecule has 0 aromatic rings. The average molecular weight is 452 g/mol. The third kappa shape index (κ3) is 30.0. The van der Waals surface area contributed by atoms with E-state index in [1.165, 1.54) is 186 Å². The molecule has 0 unspecified atom stereocenters. The molecule has 0 heterocycles. The summed E-state index contributed by atoms with van der Waals surface area (Å²) in [6.07, 6.45) is 43.4. The molecule has 0 nitrogen and oxygen atoms in total. The molecule has 194 valence electrons. The van der Waals surface area contributed by atoms with Gasteiger partial charge in [-0.05, 0) is 0 Å². The highest BCUT2D eigenvalue weighted by atomic mass is 14.0. The van der Waals surface area contributed by atoms with Gasteiger partial charge in [0.15, 0.2) is 0 Å². The van der Waals surface area contributed by atoms with E-state index in [4.69, 9.17) is 1.37 Å². The van der Waals surface area contributed by atoms with Crippen LogP contribution in [0.1, 0.15) is 208 Å². The first-order chi connectivity index (χ1) is 16.4. The Balaban J connectivity index is 2.99. The summed E-state index contributed by atoms with van der Waals surface area (Å²) in [5, 5.41) is 0. The SMILES string of the molecule is [2H]CCCCCCCCCCCCCCCCCCCCCCCCCCCCCCCC. The Morgan fingerprint density at radius 3 is 0.562 bits per heavy atom. The summed E-state index contributed by atoms with van der Waals surface area (Å²) in [5.74, 6) is 0. The van der Waals surface area contributed by atoms with Gasteiger partial charge < -0.3 is 0 Å². The summed E-state index contributed by atoms with van der Waals surface area (Å²) in [6.45, 7) is 2.93. The van der Waals surface area contributed by atoms with Crippen LogP contribution in [0.5, 0.6) is 0 Å². The van der Waals surface area contributed by atoms with Gasteiger partial charge in [0.25, 0.3) is 0 Å². The maximum Gasteiger partial charge on any atom is 0.0230 e. The molecule has 32 heavy (non-hydrogen) atoms. The van der Waals surface area contributed by atoms with Gasteiger partial charge in [0.05, 0.1) is 0 Å². The molecule has 0 aromatic heterocycles. The van der Waals surface area contributed by atoms with Crippen LogP contribution in [0.4, 0.5) is 0 Å². The monoisotopic (exact) mass is 452 g/mol. The molecule has 0 aromatic carbocycles.